The highest BCUT2D eigenvalue weighted by Gasteiger charge is 2.16. The van der Waals surface area contributed by atoms with Crippen LogP contribution in [0.4, 0.5) is 11.4 Å². The quantitative estimate of drug-likeness (QED) is 0.407. The van der Waals surface area contributed by atoms with Gasteiger partial charge in [-0.15, -0.1) is 0 Å². The van der Waals surface area contributed by atoms with Gasteiger partial charge in [0, 0.05) is 29.2 Å². The average Bonchev–Trinajstić information content (AvgIpc) is 2.81. The number of hydrogen-bond acceptors (Lipinski definition) is 6. The van der Waals surface area contributed by atoms with Gasteiger partial charge in [0.1, 0.15) is 6.61 Å². The molecule has 2 aromatic carbocycles. The van der Waals surface area contributed by atoms with Gasteiger partial charge in [-0.2, -0.15) is 0 Å². The third kappa shape index (κ3) is 6.71. The Morgan fingerprint density at radius 2 is 1.79 bits per heavy atom. The molecule has 34 heavy (non-hydrogen) atoms. The van der Waals surface area contributed by atoms with E-state index < -0.39 is 10.0 Å². The number of pyridine rings is 1. The van der Waals surface area contributed by atoms with Crippen molar-refractivity contribution in [2.75, 3.05) is 22.4 Å². The minimum atomic E-state index is -3.44. The van der Waals surface area contributed by atoms with E-state index in [1.807, 2.05) is 19.1 Å². The van der Waals surface area contributed by atoms with E-state index in [-0.39, 0.29) is 11.7 Å². The highest BCUT2D eigenvalue weighted by atomic mass is 32.2. The molecule has 0 aliphatic carbocycles. The van der Waals surface area contributed by atoms with Crippen LogP contribution in [0, 0.1) is 6.92 Å². The lowest BCUT2D eigenvalue weighted by molar-refractivity contribution is 0.102. The number of carbonyl (C=O) groups excluding carboxylic acids is 1. The molecular formula is C25H29N3O5S. The SMILES string of the molecule is CCCS(=O)(=O)Nc1cccc(NC(=O)c2ccc(OCc3cccnc3)c(OCC)c2)c1C. The number of benzene rings is 2. The molecule has 3 aromatic rings. The van der Waals surface area contributed by atoms with Gasteiger partial charge in [0.2, 0.25) is 10.0 Å². The van der Waals surface area contributed by atoms with Crippen LogP contribution in [0.1, 0.15) is 41.8 Å². The van der Waals surface area contributed by atoms with E-state index in [0.717, 1.165) is 5.56 Å². The summed E-state index contributed by atoms with van der Waals surface area (Å²) in [5.74, 6) is 0.650. The van der Waals surface area contributed by atoms with Crippen molar-refractivity contribution in [3.63, 3.8) is 0 Å². The van der Waals surface area contributed by atoms with E-state index in [1.54, 1.807) is 62.6 Å². The number of amides is 1. The number of sulfonamides is 1. The van der Waals surface area contributed by atoms with Gasteiger partial charge in [-0.3, -0.25) is 14.5 Å². The molecule has 0 fully saturated rings. The van der Waals surface area contributed by atoms with Gasteiger partial charge in [-0.05, 0) is 62.2 Å². The zero-order chi connectivity index (χ0) is 24.6. The van der Waals surface area contributed by atoms with Gasteiger partial charge in [0.15, 0.2) is 11.5 Å². The number of nitrogens with zero attached hydrogens (tertiary/aromatic N) is 1. The summed E-state index contributed by atoms with van der Waals surface area (Å²) in [4.78, 5) is 17.0. The smallest absolute Gasteiger partial charge is 0.255 e. The molecule has 0 spiro atoms. The first-order chi connectivity index (χ1) is 16.3. The molecule has 1 amide bonds. The molecule has 8 nitrogen and oxygen atoms in total. The Morgan fingerprint density at radius 1 is 1.00 bits per heavy atom. The van der Waals surface area contributed by atoms with E-state index in [0.29, 0.717) is 53.6 Å². The van der Waals surface area contributed by atoms with Crippen LogP contribution >= 0.6 is 0 Å². The summed E-state index contributed by atoms with van der Waals surface area (Å²) < 4.78 is 38.4. The number of anilines is 2. The summed E-state index contributed by atoms with van der Waals surface area (Å²) in [6.07, 6.45) is 3.93. The summed E-state index contributed by atoms with van der Waals surface area (Å²) in [6.45, 7) is 6.13. The van der Waals surface area contributed by atoms with Gasteiger partial charge in [0.05, 0.1) is 18.0 Å². The number of rotatable bonds is 11. The summed E-state index contributed by atoms with van der Waals surface area (Å²) in [6, 6.07) is 13.8. The zero-order valence-electron chi connectivity index (χ0n) is 19.5. The minimum absolute atomic E-state index is 0.0262. The molecule has 0 atom stereocenters. The lowest BCUT2D eigenvalue weighted by Crippen LogP contribution is -2.18. The molecule has 0 saturated heterocycles. The second-order valence-electron chi connectivity index (χ2n) is 7.60. The molecule has 0 aliphatic heterocycles. The molecule has 0 radical (unpaired) electrons. The Labute approximate surface area is 200 Å². The molecule has 0 saturated carbocycles. The van der Waals surface area contributed by atoms with Crippen LogP contribution in [-0.4, -0.2) is 31.7 Å². The van der Waals surface area contributed by atoms with Crippen molar-refractivity contribution in [2.24, 2.45) is 0 Å². The van der Waals surface area contributed by atoms with Gasteiger partial charge in [-0.1, -0.05) is 19.1 Å². The van der Waals surface area contributed by atoms with Crippen LogP contribution in [-0.2, 0) is 16.6 Å². The number of aromatic nitrogens is 1. The molecule has 180 valence electrons. The third-order valence-corrected chi connectivity index (χ3v) is 6.42. The van der Waals surface area contributed by atoms with E-state index in [4.69, 9.17) is 9.47 Å². The Morgan fingerprint density at radius 3 is 2.50 bits per heavy atom. The van der Waals surface area contributed by atoms with Crippen molar-refractivity contribution >= 4 is 27.3 Å². The maximum absolute atomic E-state index is 13.0. The Kier molecular flexibility index (Phi) is 8.48. The lowest BCUT2D eigenvalue weighted by Gasteiger charge is -2.16. The lowest BCUT2D eigenvalue weighted by atomic mass is 10.1. The predicted octanol–water partition coefficient (Wildman–Crippen LogP) is 4.77. The number of hydrogen-bond donors (Lipinski definition) is 2. The zero-order valence-corrected chi connectivity index (χ0v) is 20.3. The van der Waals surface area contributed by atoms with Gasteiger partial charge >= 0.3 is 0 Å². The first kappa shape index (κ1) is 25.0. The molecule has 3 rings (SSSR count). The van der Waals surface area contributed by atoms with Crippen LogP contribution < -0.4 is 19.5 Å². The third-order valence-electron chi connectivity index (χ3n) is 4.94. The van der Waals surface area contributed by atoms with Gasteiger partial charge in [0.25, 0.3) is 5.91 Å². The van der Waals surface area contributed by atoms with Crippen molar-refractivity contribution in [3.05, 3.63) is 77.6 Å². The molecule has 0 bridgehead atoms. The van der Waals surface area contributed by atoms with E-state index >= 15 is 0 Å². The largest absolute Gasteiger partial charge is 0.490 e. The minimum Gasteiger partial charge on any atom is -0.490 e. The second-order valence-corrected chi connectivity index (χ2v) is 9.44. The van der Waals surface area contributed by atoms with Gasteiger partial charge < -0.3 is 14.8 Å². The Balaban J connectivity index is 1.77. The van der Waals surface area contributed by atoms with Crippen molar-refractivity contribution < 1.29 is 22.7 Å². The highest BCUT2D eigenvalue weighted by molar-refractivity contribution is 7.92. The standard InChI is InChI=1S/C25H29N3O5S/c1-4-14-34(30,31)28-22-10-6-9-21(18(22)3)27-25(29)20-11-12-23(24(15-20)32-5-2)33-17-19-8-7-13-26-16-19/h6-13,15-16,28H,4-5,14,17H2,1-3H3,(H,27,29). The summed E-state index contributed by atoms with van der Waals surface area (Å²) in [5.41, 5.74) is 2.86. The van der Waals surface area contributed by atoms with Crippen LogP contribution in [0.25, 0.3) is 0 Å². The fraction of sp³-hybridized carbons (Fsp3) is 0.280. The van der Waals surface area contributed by atoms with Crippen LogP contribution in [0.2, 0.25) is 0 Å². The number of nitrogens with one attached hydrogen (secondary N) is 2. The van der Waals surface area contributed by atoms with E-state index in [2.05, 4.69) is 15.0 Å². The summed E-state index contributed by atoms with van der Waals surface area (Å²) in [7, 11) is -3.44. The molecule has 0 unspecified atom stereocenters. The molecule has 1 heterocycles. The Hall–Kier alpha value is -3.59. The van der Waals surface area contributed by atoms with Crippen molar-refractivity contribution in [1.29, 1.82) is 0 Å². The number of ether oxygens (including phenoxy) is 2. The van der Waals surface area contributed by atoms with Crippen LogP contribution in [0.15, 0.2) is 60.9 Å². The molecule has 2 N–H and O–H groups in total. The van der Waals surface area contributed by atoms with E-state index in [9.17, 15) is 13.2 Å². The first-order valence-corrected chi connectivity index (χ1v) is 12.7. The summed E-state index contributed by atoms with van der Waals surface area (Å²) >= 11 is 0. The second kappa shape index (κ2) is 11.5. The highest BCUT2D eigenvalue weighted by Crippen LogP contribution is 2.30. The average molecular weight is 484 g/mol. The van der Waals surface area contributed by atoms with Crippen LogP contribution in [0.3, 0.4) is 0 Å². The molecule has 0 aliphatic rings. The van der Waals surface area contributed by atoms with E-state index in [1.165, 1.54) is 0 Å². The van der Waals surface area contributed by atoms with Gasteiger partial charge in [-0.25, -0.2) is 8.42 Å². The maximum atomic E-state index is 13.0. The van der Waals surface area contributed by atoms with Crippen molar-refractivity contribution in [2.45, 2.75) is 33.8 Å². The molecular weight excluding hydrogens is 454 g/mol. The first-order valence-electron chi connectivity index (χ1n) is 11.0. The topological polar surface area (TPSA) is 107 Å². The Bertz CT molecular complexity index is 1230. The maximum Gasteiger partial charge on any atom is 0.255 e. The fourth-order valence-electron chi connectivity index (χ4n) is 3.24. The normalized spacial score (nSPS) is 11.0. The van der Waals surface area contributed by atoms with Crippen molar-refractivity contribution in [1.82, 2.24) is 4.98 Å². The van der Waals surface area contributed by atoms with Crippen LogP contribution in [0.5, 0.6) is 11.5 Å². The molecule has 1 aromatic heterocycles. The predicted molar refractivity (Wildman–Crippen MR) is 133 cm³/mol. The number of carbonyl (C=O) groups is 1. The monoisotopic (exact) mass is 483 g/mol. The van der Waals surface area contributed by atoms with Crippen molar-refractivity contribution in [3.8, 4) is 11.5 Å². The fourth-order valence-corrected chi connectivity index (χ4v) is 4.44. The molecule has 9 heteroatoms. The summed E-state index contributed by atoms with van der Waals surface area (Å²) in [5, 5.41) is 2.85.